The van der Waals surface area contributed by atoms with Gasteiger partial charge in [-0.15, -0.1) is 0 Å². The average Bonchev–Trinajstić information content (AvgIpc) is 2.72. The zero-order valence-electron chi connectivity index (χ0n) is 12.5. The monoisotopic (exact) mass is 338 g/mol. The minimum absolute atomic E-state index is 0.173. The van der Waals surface area contributed by atoms with Crippen molar-refractivity contribution in [3.63, 3.8) is 0 Å². The minimum Gasteiger partial charge on any atom is -0.431 e. The number of thioether (sulfide) groups is 1. The van der Waals surface area contributed by atoms with Gasteiger partial charge < -0.3 is 9.32 Å². The maximum Gasteiger partial charge on any atom is 0.257 e. The third-order valence-electron chi connectivity index (χ3n) is 3.87. The molecule has 0 unspecified atom stereocenters. The number of amides is 1. The second-order valence-electron chi connectivity index (χ2n) is 5.59. The molecule has 2 aromatic rings. The van der Waals surface area contributed by atoms with Crippen molar-refractivity contribution < 1.29 is 9.21 Å². The Balaban J connectivity index is 1.68. The Morgan fingerprint density at radius 2 is 2.05 bits per heavy atom. The number of oxazole rings is 1. The van der Waals surface area contributed by atoms with Gasteiger partial charge in [-0.2, -0.15) is 0 Å². The summed E-state index contributed by atoms with van der Waals surface area (Å²) in [7, 11) is 0. The first-order valence-corrected chi connectivity index (χ1v) is 8.91. The van der Waals surface area contributed by atoms with Crippen LogP contribution in [-0.2, 0) is 4.79 Å². The van der Waals surface area contributed by atoms with Gasteiger partial charge in [-0.05, 0) is 31.9 Å². The number of fused-ring (bicyclic) bond motifs is 1. The number of benzene rings is 1. The van der Waals surface area contributed by atoms with Crippen LogP contribution < -0.4 is 0 Å². The van der Waals surface area contributed by atoms with Gasteiger partial charge in [0.1, 0.15) is 5.52 Å². The molecule has 1 aliphatic rings. The molecule has 4 nitrogen and oxygen atoms in total. The summed E-state index contributed by atoms with van der Waals surface area (Å²) in [5.74, 6) is 0.173. The molecular weight excluding hydrogens is 320 g/mol. The fourth-order valence-electron chi connectivity index (χ4n) is 2.68. The zero-order valence-corrected chi connectivity index (χ0v) is 14.1. The van der Waals surface area contributed by atoms with Gasteiger partial charge in [-0.25, -0.2) is 4.98 Å². The predicted molar refractivity (Wildman–Crippen MR) is 89.4 cm³/mol. The van der Waals surface area contributed by atoms with Crippen LogP contribution in [0.15, 0.2) is 27.8 Å². The van der Waals surface area contributed by atoms with E-state index in [1.165, 1.54) is 24.6 Å². The highest BCUT2D eigenvalue weighted by Crippen LogP contribution is 2.29. The van der Waals surface area contributed by atoms with Crippen LogP contribution in [0, 0.1) is 0 Å². The molecule has 118 valence electrons. The molecule has 2 heterocycles. The van der Waals surface area contributed by atoms with Gasteiger partial charge in [-0.1, -0.05) is 36.2 Å². The van der Waals surface area contributed by atoms with Gasteiger partial charge >= 0.3 is 0 Å². The van der Waals surface area contributed by atoms with Crippen LogP contribution in [0.4, 0.5) is 0 Å². The summed E-state index contributed by atoms with van der Waals surface area (Å²) in [5, 5.41) is 0.948. The van der Waals surface area contributed by atoms with E-state index < -0.39 is 0 Å². The third-order valence-corrected chi connectivity index (χ3v) is 5.04. The molecule has 1 aromatic heterocycles. The van der Waals surface area contributed by atoms with Gasteiger partial charge in [0.05, 0.1) is 5.25 Å². The maximum absolute atomic E-state index is 12.5. The van der Waals surface area contributed by atoms with Crippen LogP contribution in [0.2, 0.25) is 5.02 Å². The van der Waals surface area contributed by atoms with E-state index in [2.05, 4.69) is 4.98 Å². The van der Waals surface area contributed by atoms with E-state index in [4.69, 9.17) is 16.0 Å². The molecule has 3 rings (SSSR count). The molecule has 0 aliphatic carbocycles. The molecular formula is C16H19ClN2O2S. The summed E-state index contributed by atoms with van der Waals surface area (Å²) >= 11 is 7.32. The van der Waals surface area contributed by atoms with E-state index in [0.717, 1.165) is 31.4 Å². The number of hydrogen-bond donors (Lipinski definition) is 0. The van der Waals surface area contributed by atoms with E-state index in [1.807, 2.05) is 17.9 Å². The molecule has 1 aromatic carbocycles. The largest absolute Gasteiger partial charge is 0.431 e. The lowest BCUT2D eigenvalue weighted by atomic mass is 10.2. The van der Waals surface area contributed by atoms with Crippen molar-refractivity contribution in [2.24, 2.45) is 0 Å². The molecule has 0 N–H and O–H groups in total. The average molecular weight is 339 g/mol. The summed E-state index contributed by atoms with van der Waals surface area (Å²) < 4.78 is 5.68. The molecule has 0 spiro atoms. The van der Waals surface area contributed by atoms with Crippen LogP contribution in [-0.4, -0.2) is 34.1 Å². The van der Waals surface area contributed by atoms with Crippen molar-refractivity contribution in [3.8, 4) is 0 Å². The zero-order chi connectivity index (χ0) is 15.5. The molecule has 6 heteroatoms. The number of carbonyl (C=O) groups excluding carboxylic acids is 1. The lowest BCUT2D eigenvalue weighted by Gasteiger charge is -2.23. The normalized spacial score (nSPS) is 17.5. The Kier molecular flexibility index (Phi) is 4.93. The minimum atomic E-state index is -0.193. The Morgan fingerprint density at radius 1 is 1.32 bits per heavy atom. The lowest BCUT2D eigenvalue weighted by Crippen LogP contribution is -2.37. The first-order valence-electron chi connectivity index (χ1n) is 7.65. The molecule has 0 saturated carbocycles. The smallest absolute Gasteiger partial charge is 0.257 e. The number of hydrogen-bond acceptors (Lipinski definition) is 4. The van der Waals surface area contributed by atoms with Gasteiger partial charge in [0.2, 0.25) is 5.91 Å². The molecule has 0 bridgehead atoms. The SMILES string of the molecule is C[C@H](Sc1nc2ccc(Cl)cc2o1)C(=O)N1CCCCCC1. The van der Waals surface area contributed by atoms with Crippen molar-refractivity contribution in [2.75, 3.05) is 13.1 Å². The van der Waals surface area contributed by atoms with Crippen molar-refractivity contribution in [2.45, 2.75) is 43.1 Å². The molecule has 1 fully saturated rings. The number of carbonyl (C=O) groups is 1. The molecule has 0 radical (unpaired) electrons. The van der Waals surface area contributed by atoms with Crippen LogP contribution in [0.3, 0.4) is 0 Å². The summed E-state index contributed by atoms with van der Waals surface area (Å²) in [6, 6.07) is 5.36. The van der Waals surface area contributed by atoms with Crippen molar-refractivity contribution in [1.82, 2.24) is 9.88 Å². The van der Waals surface area contributed by atoms with Gasteiger partial charge in [0.15, 0.2) is 5.58 Å². The van der Waals surface area contributed by atoms with E-state index in [9.17, 15) is 4.79 Å². The Hall–Kier alpha value is -1.20. The molecule has 1 aliphatic heterocycles. The fraction of sp³-hybridized carbons (Fsp3) is 0.500. The Labute approximate surface area is 139 Å². The first-order chi connectivity index (χ1) is 10.6. The number of nitrogens with zero attached hydrogens (tertiary/aromatic N) is 2. The van der Waals surface area contributed by atoms with E-state index >= 15 is 0 Å². The summed E-state index contributed by atoms with van der Waals surface area (Å²) in [6.45, 7) is 3.65. The highest BCUT2D eigenvalue weighted by atomic mass is 35.5. The van der Waals surface area contributed by atoms with Crippen LogP contribution in [0.5, 0.6) is 0 Å². The second-order valence-corrected chi connectivity index (χ2v) is 7.32. The standard InChI is InChI=1S/C16H19ClN2O2S/c1-11(15(20)19-8-4-2-3-5-9-19)22-16-18-13-7-6-12(17)10-14(13)21-16/h6-7,10-11H,2-5,8-9H2,1H3/t11-/m0/s1. The maximum atomic E-state index is 12.5. The van der Waals surface area contributed by atoms with Crippen molar-refractivity contribution >= 4 is 40.4 Å². The third kappa shape index (κ3) is 3.58. The number of aromatic nitrogens is 1. The van der Waals surface area contributed by atoms with Gasteiger partial charge in [0, 0.05) is 24.2 Å². The predicted octanol–water partition coefficient (Wildman–Crippen LogP) is 4.36. The van der Waals surface area contributed by atoms with Crippen molar-refractivity contribution in [3.05, 3.63) is 23.2 Å². The molecule has 1 amide bonds. The summed E-state index contributed by atoms with van der Waals surface area (Å²) in [6.07, 6.45) is 4.64. The van der Waals surface area contributed by atoms with E-state index in [0.29, 0.717) is 15.8 Å². The molecule has 1 saturated heterocycles. The van der Waals surface area contributed by atoms with Crippen LogP contribution in [0.1, 0.15) is 32.6 Å². The highest BCUT2D eigenvalue weighted by molar-refractivity contribution is 8.00. The first kappa shape index (κ1) is 15.7. The van der Waals surface area contributed by atoms with E-state index in [1.54, 1.807) is 12.1 Å². The van der Waals surface area contributed by atoms with Gasteiger partial charge in [-0.3, -0.25) is 4.79 Å². The van der Waals surface area contributed by atoms with Crippen molar-refractivity contribution in [1.29, 1.82) is 0 Å². The number of likely N-dealkylation sites (tertiary alicyclic amines) is 1. The number of halogens is 1. The van der Waals surface area contributed by atoms with Crippen LogP contribution >= 0.6 is 23.4 Å². The quantitative estimate of drug-likeness (QED) is 0.780. The molecule has 1 atom stereocenters. The molecule has 22 heavy (non-hydrogen) atoms. The lowest BCUT2D eigenvalue weighted by molar-refractivity contribution is -0.130. The topological polar surface area (TPSA) is 46.3 Å². The van der Waals surface area contributed by atoms with E-state index in [-0.39, 0.29) is 11.2 Å². The summed E-state index contributed by atoms with van der Waals surface area (Å²) in [5.41, 5.74) is 1.42. The van der Waals surface area contributed by atoms with Crippen LogP contribution in [0.25, 0.3) is 11.1 Å². The van der Waals surface area contributed by atoms with Gasteiger partial charge in [0.25, 0.3) is 5.22 Å². The Morgan fingerprint density at radius 3 is 2.77 bits per heavy atom. The number of rotatable bonds is 3. The second kappa shape index (κ2) is 6.92. The fourth-order valence-corrected chi connectivity index (χ4v) is 3.68. The highest BCUT2D eigenvalue weighted by Gasteiger charge is 2.24. The summed E-state index contributed by atoms with van der Waals surface area (Å²) in [4.78, 5) is 18.9. The Bertz CT molecular complexity index is 665.